The van der Waals surface area contributed by atoms with E-state index >= 15 is 0 Å². The van der Waals surface area contributed by atoms with Gasteiger partial charge in [-0.15, -0.1) is 0 Å². The molecule has 1 aliphatic heterocycles. The van der Waals surface area contributed by atoms with E-state index in [2.05, 4.69) is 9.97 Å². The number of hydrogen-bond acceptors (Lipinski definition) is 4. The first kappa shape index (κ1) is 10.5. The maximum atomic E-state index is 11.6. The molecule has 0 spiro atoms. The molecule has 1 aromatic rings. The molecule has 4 nitrogen and oxygen atoms in total. The minimum Gasteiger partial charge on any atom is -0.252 e. The van der Waals surface area contributed by atoms with Crippen LogP contribution in [0.25, 0.3) is 0 Å². The first-order valence-electron chi connectivity index (χ1n) is 4.87. The van der Waals surface area contributed by atoms with Gasteiger partial charge in [-0.05, 0) is 0 Å². The minimum absolute atomic E-state index is 0.0967. The summed E-state index contributed by atoms with van der Waals surface area (Å²) in [5.74, 6) is 1.36. The first-order chi connectivity index (χ1) is 6.78. The predicted octanol–water partition coefficient (Wildman–Crippen LogP) is 1.83. The molecule has 0 bridgehead atoms. The van der Waals surface area contributed by atoms with Crippen molar-refractivity contribution in [2.75, 3.05) is 0 Å². The van der Waals surface area contributed by atoms with Gasteiger partial charge in [0, 0.05) is 17.2 Å². The zero-order valence-corrected chi connectivity index (χ0v) is 10.0. The van der Waals surface area contributed by atoms with Crippen LogP contribution in [0.1, 0.15) is 37.9 Å². The summed E-state index contributed by atoms with van der Waals surface area (Å²) in [6.07, 6.45) is 1.73. The highest BCUT2D eigenvalue weighted by molar-refractivity contribution is 7.91. The minimum atomic E-state index is -2.47. The average Bonchev–Trinajstić information content (AvgIpc) is 2.34. The van der Waals surface area contributed by atoms with Crippen LogP contribution in [0.15, 0.2) is 6.20 Å². The number of nitrogens with one attached hydrogen (secondary N) is 1. The molecule has 5 heteroatoms. The summed E-state index contributed by atoms with van der Waals surface area (Å²) in [4.78, 5) is 8.68. The van der Waals surface area contributed by atoms with Crippen molar-refractivity contribution in [1.29, 1.82) is 4.78 Å². The number of fused-ring (bicyclic) bond motifs is 1. The Labute approximate surface area is 90.1 Å². The molecule has 0 aliphatic carbocycles. The van der Waals surface area contributed by atoms with Crippen molar-refractivity contribution in [2.45, 2.75) is 37.7 Å². The third kappa shape index (κ3) is 2.02. The molecule has 1 N–H and O–H groups in total. The summed E-state index contributed by atoms with van der Waals surface area (Å²) in [5, 5.41) is 0. The van der Waals surface area contributed by atoms with Crippen LogP contribution in [0, 0.1) is 4.78 Å². The quantitative estimate of drug-likeness (QED) is 0.732. The monoisotopic (exact) mass is 225 g/mol. The SMILES string of the molecule is CC(C)(C)c1ncc2c(n1)CS(=N)(=O)C2. The van der Waals surface area contributed by atoms with Crippen LogP contribution in [0.4, 0.5) is 0 Å². The second-order valence-electron chi connectivity index (χ2n) is 5.02. The summed E-state index contributed by atoms with van der Waals surface area (Å²) < 4.78 is 19.2. The van der Waals surface area contributed by atoms with Gasteiger partial charge in [0.15, 0.2) is 0 Å². The van der Waals surface area contributed by atoms with E-state index in [9.17, 15) is 4.21 Å². The van der Waals surface area contributed by atoms with Gasteiger partial charge < -0.3 is 0 Å². The van der Waals surface area contributed by atoms with Gasteiger partial charge in [0.1, 0.15) is 5.82 Å². The van der Waals surface area contributed by atoms with Crippen LogP contribution in [0.2, 0.25) is 0 Å². The van der Waals surface area contributed by atoms with Crippen LogP contribution in [0.3, 0.4) is 0 Å². The normalized spacial score (nSPS) is 25.3. The maximum Gasteiger partial charge on any atom is 0.133 e. The Balaban J connectivity index is 2.48. The lowest BCUT2D eigenvalue weighted by atomic mass is 9.95. The Hall–Kier alpha value is -0.970. The standard InChI is InChI=1S/C10H15N3OS/c1-10(2,3)9-12-4-7-5-15(11,14)6-8(7)13-9/h4,11H,5-6H2,1-3H3. The molecule has 1 atom stereocenters. The van der Waals surface area contributed by atoms with Crippen LogP contribution in [-0.2, 0) is 26.6 Å². The summed E-state index contributed by atoms with van der Waals surface area (Å²) in [6.45, 7) is 6.13. The van der Waals surface area contributed by atoms with Crippen LogP contribution < -0.4 is 0 Å². The number of aromatic nitrogens is 2. The Bertz CT molecular complexity index is 500. The van der Waals surface area contributed by atoms with E-state index in [0.29, 0.717) is 5.75 Å². The van der Waals surface area contributed by atoms with Crippen LogP contribution in [-0.4, -0.2) is 14.2 Å². The van der Waals surface area contributed by atoms with Gasteiger partial charge in [-0.3, -0.25) is 4.78 Å². The fraction of sp³-hybridized carbons (Fsp3) is 0.600. The van der Waals surface area contributed by atoms with Gasteiger partial charge in [0.2, 0.25) is 0 Å². The zero-order chi connectivity index (χ0) is 11.3. The first-order valence-corrected chi connectivity index (χ1v) is 6.77. The largest absolute Gasteiger partial charge is 0.252 e. The van der Waals surface area contributed by atoms with Gasteiger partial charge in [0.25, 0.3) is 0 Å². The fourth-order valence-corrected chi connectivity index (χ4v) is 3.11. The molecule has 15 heavy (non-hydrogen) atoms. The van der Waals surface area contributed by atoms with E-state index in [-0.39, 0.29) is 11.2 Å². The maximum absolute atomic E-state index is 11.6. The molecule has 1 aromatic heterocycles. The molecule has 0 saturated heterocycles. The van der Waals surface area contributed by atoms with E-state index in [1.807, 2.05) is 20.8 Å². The third-order valence-electron chi connectivity index (χ3n) is 2.38. The Morgan fingerprint density at radius 3 is 2.67 bits per heavy atom. The molecular formula is C10H15N3OS. The third-order valence-corrected chi connectivity index (χ3v) is 3.90. The van der Waals surface area contributed by atoms with Gasteiger partial charge in [-0.25, -0.2) is 14.2 Å². The van der Waals surface area contributed by atoms with E-state index in [4.69, 9.17) is 4.78 Å². The molecule has 2 rings (SSSR count). The predicted molar refractivity (Wildman–Crippen MR) is 59.0 cm³/mol. The zero-order valence-electron chi connectivity index (χ0n) is 9.20. The number of rotatable bonds is 0. The van der Waals surface area contributed by atoms with Crippen LogP contribution >= 0.6 is 0 Å². The van der Waals surface area contributed by atoms with Gasteiger partial charge in [-0.1, -0.05) is 20.8 Å². The molecule has 0 aromatic carbocycles. The summed E-state index contributed by atoms with van der Waals surface area (Å²) in [6, 6.07) is 0. The average molecular weight is 225 g/mol. The summed E-state index contributed by atoms with van der Waals surface area (Å²) >= 11 is 0. The fourth-order valence-electron chi connectivity index (χ4n) is 1.57. The van der Waals surface area contributed by atoms with E-state index in [0.717, 1.165) is 17.1 Å². The lowest BCUT2D eigenvalue weighted by molar-refractivity contribution is 0.542. The Morgan fingerprint density at radius 2 is 2.07 bits per heavy atom. The van der Waals surface area contributed by atoms with Crippen molar-refractivity contribution in [1.82, 2.24) is 9.97 Å². The molecular weight excluding hydrogens is 210 g/mol. The van der Waals surface area contributed by atoms with E-state index in [1.54, 1.807) is 6.20 Å². The van der Waals surface area contributed by atoms with Crippen molar-refractivity contribution >= 4 is 9.73 Å². The lowest BCUT2D eigenvalue weighted by Crippen LogP contribution is -2.16. The van der Waals surface area contributed by atoms with Crippen molar-refractivity contribution < 1.29 is 4.21 Å². The molecule has 82 valence electrons. The van der Waals surface area contributed by atoms with Crippen LogP contribution in [0.5, 0.6) is 0 Å². The van der Waals surface area contributed by atoms with Gasteiger partial charge in [0.05, 0.1) is 26.9 Å². The second kappa shape index (κ2) is 3.01. The lowest BCUT2D eigenvalue weighted by Gasteiger charge is -2.16. The van der Waals surface area contributed by atoms with Crippen molar-refractivity contribution in [3.8, 4) is 0 Å². The number of nitrogens with zero attached hydrogens (tertiary/aromatic N) is 2. The van der Waals surface area contributed by atoms with E-state index < -0.39 is 9.73 Å². The van der Waals surface area contributed by atoms with Crippen molar-refractivity contribution in [2.24, 2.45) is 0 Å². The molecule has 2 heterocycles. The number of hydrogen-bond donors (Lipinski definition) is 1. The smallest absolute Gasteiger partial charge is 0.133 e. The molecule has 0 amide bonds. The second-order valence-corrected chi connectivity index (χ2v) is 7.22. The summed E-state index contributed by atoms with van der Waals surface area (Å²) in [5.41, 5.74) is 1.58. The molecule has 0 radical (unpaired) electrons. The highest BCUT2D eigenvalue weighted by Crippen LogP contribution is 2.26. The van der Waals surface area contributed by atoms with Crippen molar-refractivity contribution in [3.05, 3.63) is 23.3 Å². The molecule has 1 aliphatic rings. The van der Waals surface area contributed by atoms with Crippen molar-refractivity contribution in [3.63, 3.8) is 0 Å². The molecule has 0 fully saturated rings. The Kier molecular flexibility index (Phi) is 2.12. The van der Waals surface area contributed by atoms with Gasteiger partial charge >= 0.3 is 0 Å². The summed E-state index contributed by atoms with van der Waals surface area (Å²) in [7, 11) is -2.47. The topological polar surface area (TPSA) is 66.7 Å². The highest BCUT2D eigenvalue weighted by Gasteiger charge is 2.26. The molecule has 1 unspecified atom stereocenters. The highest BCUT2D eigenvalue weighted by atomic mass is 32.2. The Morgan fingerprint density at radius 1 is 1.40 bits per heavy atom. The molecule has 0 saturated carbocycles. The van der Waals surface area contributed by atoms with E-state index in [1.165, 1.54) is 0 Å². The van der Waals surface area contributed by atoms with Gasteiger partial charge in [-0.2, -0.15) is 0 Å².